The number of aromatic hydroxyl groups is 1. The minimum Gasteiger partial charge on any atom is -1.00 e. The average molecular weight is 1970 g/mol. The summed E-state index contributed by atoms with van der Waals surface area (Å²) in [6, 6.07) is 25.5. The van der Waals surface area contributed by atoms with Gasteiger partial charge in [-0.25, -0.2) is 42.3 Å². The Morgan fingerprint density at radius 3 is 1.18 bits per heavy atom. The molecule has 0 bridgehead atoms. The van der Waals surface area contributed by atoms with Gasteiger partial charge >= 0.3 is 47.2 Å². The van der Waals surface area contributed by atoms with Crippen LogP contribution in [0, 0.1) is 37.7 Å². The molecule has 0 saturated carbocycles. The molecule has 2 amide bonds. The highest BCUT2D eigenvalue weighted by molar-refractivity contribution is 6.37. The van der Waals surface area contributed by atoms with Crippen molar-refractivity contribution in [2.45, 2.75) is 40.0 Å². The first kappa shape index (κ1) is 102. The molecule has 0 aliphatic heterocycles. The second-order valence-corrected chi connectivity index (χ2v) is 27.0. The van der Waals surface area contributed by atoms with Crippen molar-refractivity contribution < 1.29 is 143 Å². The predicted molar refractivity (Wildman–Crippen MR) is 453 cm³/mol. The molecule has 2 aromatic heterocycles. The number of imidazole rings is 2. The summed E-state index contributed by atoms with van der Waals surface area (Å²) in [4.78, 5) is 127. The third-order valence-electron chi connectivity index (χ3n) is 16.3. The predicted octanol–water partition coefficient (Wildman–Crippen LogP) is 12.4. The van der Waals surface area contributed by atoms with E-state index in [2.05, 4.69) is 49.5 Å². The van der Waals surface area contributed by atoms with E-state index in [1.165, 1.54) is 136 Å². The number of amides is 2. The number of phenols is 1. The van der Waals surface area contributed by atoms with Crippen LogP contribution >= 0.6 is 69.6 Å². The van der Waals surface area contributed by atoms with Gasteiger partial charge in [-0.3, -0.25) is 39.4 Å². The molecule has 11 rings (SSSR count). The Morgan fingerprint density at radius 2 is 0.784 bits per heavy atom. The van der Waals surface area contributed by atoms with E-state index in [9.17, 15) is 76.9 Å². The normalized spacial score (nSPS) is 10.2. The molecule has 36 nitrogen and oxygen atoms in total. The van der Waals surface area contributed by atoms with Crippen molar-refractivity contribution in [1.82, 2.24) is 19.9 Å². The van der Waals surface area contributed by atoms with Gasteiger partial charge in [0.05, 0.1) is 127 Å². The first-order chi connectivity index (χ1) is 58.6. The van der Waals surface area contributed by atoms with Crippen molar-refractivity contribution >= 4 is 185 Å². The Labute approximate surface area is 753 Å². The quantitative estimate of drug-likeness (QED) is 0.00613. The van der Waals surface area contributed by atoms with Crippen LogP contribution in [0.1, 0.15) is 90.5 Å². The Bertz CT molecular complexity index is 5900. The van der Waals surface area contributed by atoms with Crippen LogP contribution in [0.4, 0.5) is 58.7 Å². The summed E-state index contributed by atoms with van der Waals surface area (Å²) in [5, 5.41) is 37.6. The van der Waals surface area contributed by atoms with E-state index < -0.39 is 74.7 Å². The number of aromatic amines is 2. The van der Waals surface area contributed by atoms with Gasteiger partial charge in [0, 0.05) is 45.7 Å². The second-order valence-electron chi connectivity index (χ2n) is 24.6. The zero-order valence-electron chi connectivity index (χ0n) is 67.2. The number of aromatic nitrogens is 4. The van der Waals surface area contributed by atoms with Crippen molar-refractivity contribution in [2.24, 2.45) is 0 Å². The molecule has 11 aromatic rings. The van der Waals surface area contributed by atoms with E-state index >= 15 is 0 Å². The molecular formula is C79H73Cl6F3IN12O24-. The number of methoxy groups -OCH3 is 9. The van der Waals surface area contributed by atoms with Crippen LogP contribution in [0.2, 0.25) is 30.1 Å². The highest BCUT2D eigenvalue weighted by Crippen LogP contribution is 2.47. The van der Waals surface area contributed by atoms with E-state index in [0.29, 0.717) is 57.4 Å². The molecule has 0 unspecified atom stereocenters. The van der Waals surface area contributed by atoms with Gasteiger partial charge in [0.25, 0.3) is 0 Å². The van der Waals surface area contributed by atoms with Gasteiger partial charge in [-0.1, -0.05) is 106 Å². The molecule has 0 atom stereocenters. The number of carbonyl (C=O) groups is 8. The smallest absolute Gasteiger partial charge is 0.341 e. The number of carbonyl (C=O) groups excluding carboxylic acids is 8. The number of nitrogens with zero attached hydrogens (tertiary/aromatic N) is 4. The van der Waals surface area contributed by atoms with E-state index in [0.717, 1.165) is 44.6 Å². The number of nitro benzene ring substituents is 2. The van der Waals surface area contributed by atoms with Crippen LogP contribution in [-0.2, 0) is 57.4 Å². The largest absolute Gasteiger partial charge is 1.00 e. The number of hydrogen-bond donors (Lipinski definition) is 9. The Morgan fingerprint density at radius 1 is 0.432 bits per heavy atom. The zero-order chi connectivity index (χ0) is 92.6. The number of halogens is 10. The van der Waals surface area contributed by atoms with Gasteiger partial charge in [0.15, 0.2) is 34.5 Å². The van der Waals surface area contributed by atoms with Gasteiger partial charge in [0.2, 0.25) is 23.3 Å². The van der Waals surface area contributed by atoms with Crippen molar-refractivity contribution in [2.75, 3.05) is 97.6 Å². The second kappa shape index (κ2) is 46.8. The van der Waals surface area contributed by atoms with E-state index in [1.54, 1.807) is 24.3 Å². The van der Waals surface area contributed by atoms with Crippen LogP contribution in [0.25, 0.3) is 22.1 Å². The molecule has 0 fully saturated rings. The first-order valence-corrected chi connectivity index (χ1v) is 36.9. The lowest BCUT2D eigenvalue weighted by atomic mass is 10.1. The number of phenolic OH excluding ortho intramolecular Hbond substituents is 1. The molecule has 13 N–H and O–H groups in total. The molecule has 9 aromatic carbocycles. The topological polar surface area (TPSA) is 530 Å². The lowest BCUT2D eigenvalue weighted by Crippen LogP contribution is -3.00. The Hall–Kier alpha value is -13.3. The summed E-state index contributed by atoms with van der Waals surface area (Å²) in [5.41, 5.74) is 25.2. The summed E-state index contributed by atoms with van der Waals surface area (Å²) in [6.07, 6.45) is 0.855. The zero-order valence-corrected chi connectivity index (χ0v) is 73.9. The number of benzene rings is 9. The molecule has 0 aliphatic carbocycles. The number of esters is 6. The number of rotatable bonds is 21. The molecule has 125 heavy (non-hydrogen) atoms. The summed E-state index contributed by atoms with van der Waals surface area (Å²) >= 11 is 35.7. The number of fused-ring (bicyclic) bond motifs is 2. The number of nitrogens with two attached hydrogens (primary N) is 4. The van der Waals surface area contributed by atoms with E-state index in [4.69, 9.17) is 126 Å². The lowest BCUT2D eigenvalue weighted by molar-refractivity contribution is -0.384. The van der Waals surface area contributed by atoms with Gasteiger partial charge in [-0.15, -0.1) is 0 Å². The first-order valence-electron chi connectivity index (χ1n) is 34.7. The number of nitrogens with one attached hydrogen (secondary N) is 4. The monoisotopic (exact) mass is 1970 g/mol. The van der Waals surface area contributed by atoms with Crippen LogP contribution in [0.15, 0.2) is 109 Å². The van der Waals surface area contributed by atoms with Crippen LogP contribution in [-0.4, -0.2) is 147 Å². The minimum atomic E-state index is -0.846. The molecule has 664 valence electrons. The van der Waals surface area contributed by atoms with Crippen LogP contribution < -0.4 is 90.7 Å². The summed E-state index contributed by atoms with van der Waals surface area (Å²) in [6.45, 7) is 3.69. The molecule has 46 heteroatoms. The standard InChI is InChI=1S/C17H16ClFN2O4.C17H14ClFN2O3.C16H12ClFN2O3.C11H11ClN2O6.C9H9ClN2O5.C9H11ClN2O3.HI/c1-24-16-11(17(23)25-2)8-12(18)14(20)15(16)21-13(22)7-9-3-5-10(19)6-4-9;1-9(22)24-13-8-12(18)15-16(17(13)23-2)21-14(20-15)7-10-3-5-11(19)6-4-10;1-8(21)23-12-7-11(17)14-15(16(12)22)20-13(19-14)6-9-2-4-10(18)5-3-9;1-5(15)13-8-7(12)4-6(11(16)20-3)10(19-2)9(8)14(17)18;1-16-8-4(9(13)17-2)3-5(10)6(11)7(8)12(14)15;1-14-8-4(9(13)15-2)3-5(10)6(11)7(8)12;/h3-6,8H,7,20H2,1-2H3,(H,21,22);3-6,8H,7H2,1-2H3,(H,20,21);2-5,7,22H,6H2,1H3,(H,19,20);4H,1-3H3,(H,13,15);3H,11H2,1-2H3;3H,11-12H2,1-2H3;1H/p-1. The fourth-order valence-electron chi connectivity index (χ4n) is 10.9. The number of hydrogen-bond acceptors (Lipinski definition) is 30. The fraction of sp³-hybridized carbons (Fsp3) is 0.190. The average Bonchev–Trinajstić information content (AvgIpc) is 1.27. The number of nitro groups is 2. The van der Waals surface area contributed by atoms with E-state index in [-0.39, 0.29) is 169 Å². The fourth-order valence-corrected chi connectivity index (χ4v) is 12.2. The number of H-pyrrole nitrogens is 2. The van der Waals surface area contributed by atoms with Gasteiger partial charge in [-0.2, -0.15) is 0 Å². The highest BCUT2D eigenvalue weighted by Gasteiger charge is 2.33. The summed E-state index contributed by atoms with van der Waals surface area (Å²) < 4.78 is 92.3. The number of nitrogen functional groups attached to an aromatic ring is 4. The number of anilines is 6. The molecule has 2 heterocycles. The third kappa shape index (κ3) is 26.4. The van der Waals surface area contributed by atoms with Crippen molar-refractivity contribution in [3.8, 4) is 46.0 Å². The Balaban J connectivity index is 0.000000268. The molecule has 0 radical (unpaired) electrons. The highest BCUT2D eigenvalue weighted by atomic mass is 127. The summed E-state index contributed by atoms with van der Waals surface area (Å²) in [5.74, 6) is -4.87. The van der Waals surface area contributed by atoms with Crippen molar-refractivity contribution in [3.63, 3.8) is 0 Å². The van der Waals surface area contributed by atoms with Gasteiger partial charge < -0.3 is 125 Å². The van der Waals surface area contributed by atoms with Crippen molar-refractivity contribution in [3.05, 3.63) is 228 Å². The maximum absolute atomic E-state index is 13.0. The van der Waals surface area contributed by atoms with Gasteiger partial charge in [-0.05, 0) is 77.4 Å². The van der Waals surface area contributed by atoms with E-state index in [1.807, 2.05) is 0 Å². The maximum Gasteiger partial charge on any atom is 0.341 e. The van der Waals surface area contributed by atoms with Crippen LogP contribution in [0.5, 0.6) is 46.0 Å². The number of ether oxygens (including phenoxy) is 11. The molecular weight excluding hydrogens is 1900 g/mol. The lowest BCUT2D eigenvalue weighted by Gasteiger charge is -2.17. The van der Waals surface area contributed by atoms with Gasteiger partial charge in [0.1, 0.15) is 90.5 Å². The van der Waals surface area contributed by atoms with Crippen molar-refractivity contribution in [1.29, 1.82) is 0 Å². The molecule has 0 saturated heterocycles. The molecule has 0 aliphatic rings. The Kier molecular flexibility index (Phi) is 38.3. The minimum absolute atomic E-state index is 0. The SMILES string of the molecule is CC(=O)Oc1cc(Cl)c2nc(Cc3ccc(F)cc3)[nH]c2c1O.COC(=O)c1cc(Cl)c(N)c(N)c1OC.COC(=O)c1cc(Cl)c(N)c(NC(=O)Cc2ccc(F)cc2)c1OC.COC(=O)c1cc(Cl)c(N)c([N+](=O)[O-])c1OC.COC(=O)c1cc(Cl)c(NC(C)=O)c([N+](=O)[O-])c1OC.COc1c(OC(C)=O)cc(Cl)c2nc(Cc3ccc(F)cc3)[nH]c12.[I-]. The third-order valence-corrected chi connectivity index (χ3v) is 18.2. The van der Waals surface area contributed by atoms with Crippen LogP contribution in [0.3, 0.4) is 0 Å². The molecule has 0 spiro atoms. The maximum atomic E-state index is 13.0. The summed E-state index contributed by atoms with van der Waals surface area (Å²) in [7, 11) is 11.2.